The van der Waals surface area contributed by atoms with Crippen LogP contribution >= 0.6 is 0 Å². The molecule has 1 aliphatic carbocycles. The molecule has 7 heteroatoms. The van der Waals surface area contributed by atoms with Crippen molar-refractivity contribution in [2.24, 2.45) is 11.8 Å². The number of rotatable bonds is 4. The van der Waals surface area contributed by atoms with Crippen LogP contribution in [0, 0.1) is 11.8 Å². The fourth-order valence-electron chi connectivity index (χ4n) is 3.12. The molecule has 21 heavy (non-hydrogen) atoms. The highest BCUT2D eigenvalue weighted by Gasteiger charge is 2.44. The van der Waals surface area contributed by atoms with Crippen molar-refractivity contribution in [3.63, 3.8) is 0 Å². The minimum atomic E-state index is -4.19. The van der Waals surface area contributed by atoms with Crippen LogP contribution in [0.15, 0.2) is 6.20 Å². The SMILES string of the molecule is CCn1ncc(OC)c1C(O)C1CCCC(C(F)(F)F)C1. The molecular formula is C14H21F3N2O2. The number of nitrogens with zero attached hydrogens (tertiary/aromatic N) is 2. The maximum Gasteiger partial charge on any atom is 0.391 e. The Morgan fingerprint density at radius 3 is 2.76 bits per heavy atom. The Hall–Kier alpha value is -1.24. The molecule has 0 aromatic carbocycles. The molecule has 4 nitrogen and oxygen atoms in total. The lowest BCUT2D eigenvalue weighted by Crippen LogP contribution is -2.31. The average Bonchev–Trinajstić information content (AvgIpc) is 2.88. The topological polar surface area (TPSA) is 47.3 Å². The van der Waals surface area contributed by atoms with Gasteiger partial charge >= 0.3 is 6.18 Å². The molecule has 3 atom stereocenters. The number of aromatic nitrogens is 2. The van der Waals surface area contributed by atoms with Gasteiger partial charge in [-0.1, -0.05) is 6.42 Å². The predicted molar refractivity (Wildman–Crippen MR) is 70.9 cm³/mol. The van der Waals surface area contributed by atoms with Crippen LogP contribution in [0.4, 0.5) is 13.2 Å². The number of ether oxygens (including phenoxy) is 1. The monoisotopic (exact) mass is 306 g/mol. The zero-order chi connectivity index (χ0) is 15.6. The molecule has 0 aliphatic heterocycles. The lowest BCUT2D eigenvalue weighted by Gasteiger charge is -2.33. The van der Waals surface area contributed by atoms with Gasteiger partial charge in [0.2, 0.25) is 0 Å². The van der Waals surface area contributed by atoms with E-state index in [1.54, 1.807) is 4.68 Å². The van der Waals surface area contributed by atoms with Crippen molar-refractivity contribution >= 4 is 0 Å². The average molecular weight is 306 g/mol. The number of aliphatic hydroxyl groups is 1. The number of halogens is 3. The van der Waals surface area contributed by atoms with Crippen molar-refractivity contribution < 1.29 is 23.0 Å². The van der Waals surface area contributed by atoms with Gasteiger partial charge in [-0.05, 0) is 32.1 Å². The van der Waals surface area contributed by atoms with E-state index >= 15 is 0 Å². The standard InChI is InChI=1S/C14H21F3N2O2/c1-3-19-12(11(21-2)8-18-19)13(20)9-5-4-6-10(7-9)14(15,16)17/h8-10,13,20H,3-7H2,1-2H3. The van der Waals surface area contributed by atoms with E-state index < -0.39 is 24.1 Å². The molecule has 0 spiro atoms. The van der Waals surface area contributed by atoms with Crippen molar-refractivity contribution in [2.75, 3.05) is 7.11 Å². The highest BCUT2D eigenvalue weighted by Crippen LogP contribution is 2.45. The van der Waals surface area contributed by atoms with E-state index in [0.717, 1.165) is 0 Å². The predicted octanol–water partition coefficient (Wildman–Crippen LogP) is 3.31. The summed E-state index contributed by atoms with van der Waals surface area (Å²) in [5.41, 5.74) is 0.479. The fraction of sp³-hybridized carbons (Fsp3) is 0.786. The summed E-state index contributed by atoms with van der Waals surface area (Å²) in [5, 5.41) is 14.6. The smallest absolute Gasteiger partial charge is 0.391 e. The Morgan fingerprint density at radius 2 is 2.19 bits per heavy atom. The Kier molecular flexibility index (Phi) is 4.81. The van der Waals surface area contributed by atoms with Crippen molar-refractivity contribution in [1.82, 2.24) is 9.78 Å². The molecule has 1 heterocycles. The minimum absolute atomic E-state index is 0.0390. The second-order valence-electron chi connectivity index (χ2n) is 5.52. The Bertz CT molecular complexity index is 452. The third kappa shape index (κ3) is 3.33. The normalized spacial score (nSPS) is 24.9. The second kappa shape index (κ2) is 6.25. The van der Waals surface area contributed by atoms with E-state index in [-0.39, 0.29) is 12.8 Å². The Balaban J connectivity index is 2.19. The minimum Gasteiger partial charge on any atom is -0.493 e. The Labute approximate surface area is 121 Å². The maximum absolute atomic E-state index is 12.9. The zero-order valence-corrected chi connectivity index (χ0v) is 12.2. The molecule has 1 aromatic rings. The van der Waals surface area contributed by atoms with Gasteiger partial charge in [0.15, 0.2) is 5.75 Å². The first-order valence-electron chi connectivity index (χ1n) is 7.23. The molecule has 0 saturated heterocycles. The van der Waals surface area contributed by atoms with E-state index in [4.69, 9.17) is 4.74 Å². The number of methoxy groups -OCH3 is 1. The molecule has 1 N–H and O–H groups in total. The van der Waals surface area contributed by atoms with Gasteiger partial charge in [-0.2, -0.15) is 18.3 Å². The van der Waals surface area contributed by atoms with Crippen molar-refractivity contribution in [2.45, 2.75) is 51.4 Å². The first-order chi connectivity index (χ1) is 9.88. The van der Waals surface area contributed by atoms with Crippen LogP contribution < -0.4 is 4.74 Å². The molecule has 0 bridgehead atoms. The van der Waals surface area contributed by atoms with E-state index in [2.05, 4.69) is 5.10 Å². The van der Waals surface area contributed by atoms with Crippen LogP contribution in [0.3, 0.4) is 0 Å². The summed E-state index contributed by atoms with van der Waals surface area (Å²) >= 11 is 0. The summed E-state index contributed by atoms with van der Waals surface area (Å²) in [6.45, 7) is 2.40. The molecule has 0 radical (unpaired) electrons. The molecule has 2 rings (SSSR count). The van der Waals surface area contributed by atoms with Crippen LogP contribution in [-0.4, -0.2) is 28.2 Å². The summed E-state index contributed by atoms with van der Waals surface area (Å²) in [6.07, 6.45) is -2.49. The van der Waals surface area contributed by atoms with E-state index in [0.29, 0.717) is 30.8 Å². The first kappa shape index (κ1) is 16.1. The summed E-state index contributed by atoms with van der Waals surface area (Å²) in [5.74, 6) is -1.31. The Morgan fingerprint density at radius 1 is 1.48 bits per heavy atom. The molecule has 3 unspecified atom stereocenters. The number of hydrogen-bond donors (Lipinski definition) is 1. The van der Waals surface area contributed by atoms with Gasteiger partial charge in [0, 0.05) is 6.54 Å². The number of aliphatic hydroxyl groups excluding tert-OH is 1. The lowest BCUT2D eigenvalue weighted by atomic mass is 9.77. The van der Waals surface area contributed by atoms with Gasteiger partial charge in [-0.25, -0.2) is 0 Å². The summed E-state index contributed by atoms with van der Waals surface area (Å²) in [6, 6.07) is 0. The molecular weight excluding hydrogens is 285 g/mol. The second-order valence-corrected chi connectivity index (χ2v) is 5.52. The number of alkyl halides is 3. The number of hydrogen-bond acceptors (Lipinski definition) is 3. The van der Waals surface area contributed by atoms with Crippen LogP contribution in [0.1, 0.15) is 44.4 Å². The fourth-order valence-corrected chi connectivity index (χ4v) is 3.12. The summed E-state index contributed by atoms with van der Waals surface area (Å²) in [7, 11) is 1.46. The third-order valence-electron chi connectivity index (χ3n) is 4.27. The van der Waals surface area contributed by atoms with Crippen LogP contribution in [0.2, 0.25) is 0 Å². The van der Waals surface area contributed by atoms with E-state index in [1.807, 2.05) is 6.92 Å². The first-order valence-corrected chi connectivity index (χ1v) is 7.23. The maximum atomic E-state index is 12.9. The molecule has 1 aromatic heterocycles. The van der Waals surface area contributed by atoms with Gasteiger partial charge in [0.25, 0.3) is 0 Å². The largest absolute Gasteiger partial charge is 0.493 e. The molecule has 0 amide bonds. The van der Waals surface area contributed by atoms with Gasteiger partial charge in [-0.3, -0.25) is 4.68 Å². The van der Waals surface area contributed by atoms with Crippen LogP contribution in [0.25, 0.3) is 0 Å². The van der Waals surface area contributed by atoms with E-state index in [9.17, 15) is 18.3 Å². The van der Waals surface area contributed by atoms with Gasteiger partial charge in [0.05, 0.1) is 19.2 Å². The molecule has 120 valence electrons. The summed E-state index contributed by atoms with van der Waals surface area (Å²) < 4.78 is 45.4. The van der Waals surface area contributed by atoms with Crippen molar-refractivity contribution in [3.05, 3.63) is 11.9 Å². The third-order valence-corrected chi connectivity index (χ3v) is 4.27. The van der Waals surface area contributed by atoms with Gasteiger partial charge < -0.3 is 9.84 Å². The van der Waals surface area contributed by atoms with E-state index in [1.165, 1.54) is 13.3 Å². The van der Waals surface area contributed by atoms with Crippen molar-refractivity contribution in [3.8, 4) is 5.75 Å². The molecule has 1 fully saturated rings. The zero-order valence-electron chi connectivity index (χ0n) is 12.2. The van der Waals surface area contributed by atoms with Gasteiger partial charge in [-0.15, -0.1) is 0 Å². The highest BCUT2D eigenvalue weighted by atomic mass is 19.4. The quantitative estimate of drug-likeness (QED) is 0.928. The van der Waals surface area contributed by atoms with Gasteiger partial charge in [0.1, 0.15) is 11.8 Å². The molecule has 1 aliphatic rings. The van der Waals surface area contributed by atoms with Crippen LogP contribution in [-0.2, 0) is 6.54 Å². The number of aryl methyl sites for hydroxylation is 1. The molecule has 1 saturated carbocycles. The summed E-state index contributed by atoms with van der Waals surface area (Å²) in [4.78, 5) is 0. The van der Waals surface area contributed by atoms with Crippen molar-refractivity contribution in [1.29, 1.82) is 0 Å². The highest BCUT2D eigenvalue weighted by molar-refractivity contribution is 5.27. The lowest BCUT2D eigenvalue weighted by molar-refractivity contribution is -0.189. The van der Waals surface area contributed by atoms with Crippen LogP contribution in [0.5, 0.6) is 5.75 Å².